The van der Waals surface area contributed by atoms with Gasteiger partial charge in [-0.05, 0) is 24.6 Å². The summed E-state index contributed by atoms with van der Waals surface area (Å²) in [5.74, 6) is -1.64. The van der Waals surface area contributed by atoms with E-state index in [9.17, 15) is 17.2 Å². The molecule has 0 fully saturated rings. The molecule has 2 rings (SSSR count). The molecule has 2 aromatic rings. The first kappa shape index (κ1) is 14.5. The summed E-state index contributed by atoms with van der Waals surface area (Å²) in [5.41, 5.74) is 0. The van der Waals surface area contributed by atoms with Crippen LogP contribution in [0.2, 0.25) is 0 Å². The van der Waals surface area contributed by atoms with E-state index in [1.165, 1.54) is 6.33 Å². The molecule has 108 valence electrons. The van der Waals surface area contributed by atoms with Gasteiger partial charge in [-0.25, -0.2) is 26.9 Å². The zero-order chi connectivity index (χ0) is 14.6. The molecule has 1 aromatic carbocycles. The third-order valence-corrected chi connectivity index (χ3v) is 4.01. The molecule has 2 N–H and O–H groups in total. The minimum Gasteiger partial charge on any atom is -0.263 e. The molecule has 0 aliphatic carbocycles. The molecule has 0 radical (unpaired) electrons. The van der Waals surface area contributed by atoms with Crippen molar-refractivity contribution in [2.75, 3.05) is 6.54 Å². The Kier molecular flexibility index (Phi) is 4.40. The number of aromatic nitrogens is 3. The zero-order valence-corrected chi connectivity index (χ0v) is 11.1. The van der Waals surface area contributed by atoms with E-state index in [1.54, 1.807) is 0 Å². The molecule has 0 spiro atoms. The highest BCUT2D eigenvalue weighted by atomic mass is 32.2. The number of rotatable bonds is 6. The summed E-state index contributed by atoms with van der Waals surface area (Å²) < 4.78 is 51.7. The predicted molar refractivity (Wildman–Crippen MR) is 66.3 cm³/mol. The topological polar surface area (TPSA) is 87.7 Å². The number of aryl methyl sites for hydroxylation is 1. The van der Waals surface area contributed by atoms with Crippen LogP contribution in [0.1, 0.15) is 12.2 Å². The molecule has 0 bridgehead atoms. The fraction of sp³-hybridized carbons (Fsp3) is 0.273. The molecule has 0 atom stereocenters. The first-order valence-electron chi connectivity index (χ1n) is 5.78. The van der Waals surface area contributed by atoms with Gasteiger partial charge in [0, 0.05) is 13.0 Å². The standard InChI is InChI=1S/C11H12F2N4O2S/c12-9-4-3-8(6-10(9)13)20(18,19)16-5-1-2-11-14-7-15-17-11/h3-4,6-7,16H,1-2,5H2,(H,14,15,17). The highest BCUT2D eigenvalue weighted by Gasteiger charge is 2.15. The summed E-state index contributed by atoms with van der Waals surface area (Å²) in [5, 5.41) is 6.31. The van der Waals surface area contributed by atoms with Crippen LogP contribution < -0.4 is 4.72 Å². The van der Waals surface area contributed by atoms with E-state index in [0.717, 1.165) is 12.1 Å². The lowest BCUT2D eigenvalue weighted by Gasteiger charge is -2.06. The van der Waals surface area contributed by atoms with E-state index < -0.39 is 21.7 Å². The summed E-state index contributed by atoms with van der Waals surface area (Å²) in [4.78, 5) is 3.59. The average molecular weight is 302 g/mol. The minimum absolute atomic E-state index is 0.155. The van der Waals surface area contributed by atoms with Gasteiger partial charge in [-0.1, -0.05) is 0 Å². The lowest BCUT2D eigenvalue weighted by Crippen LogP contribution is -2.25. The quantitative estimate of drug-likeness (QED) is 0.779. The third kappa shape index (κ3) is 3.58. The van der Waals surface area contributed by atoms with E-state index in [-0.39, 0.29) is 11.4 Å². The maximum absolute atomic E-state index is 13.0. The predicted octanol–water partition coefficient (Wildman–Crippen LogP) is 0.994. The molecule has 1 aromatic heterocycles. The zero-order valence-electron chi connectivity index (χ0n) is 10.3. The molecule has 20 heavy (non-hydrogen) atoms. The minimum atomic E-state index is -3.84. The van der Waals surface area contributed by atoms with Crippen LogP contribution in [0, 0.1) is 11.6 Å². The van der Waals surface area contributed by atoms with Gasteiger partial charge in [0.1, 0.15) is 12.2 Å². The first-order valence-corrected chi connectivity index (χ1v) is 7.26. The average Bonchev–Trinajstić information content (AvgIpc) is 2.91. The first-order chi connectivity index (χ1) is 9.49. The molecule has 0 saturated heterocycles. The van der Waals surface area contributed by atoms with Gasteiger partial charge in [0.05, 0.1) is 4.90 Å². The lowest BCUT2D eigenvalue weighted by atomic mass is 10.3. The van der Waals surface area contributed by atoms with Crippen molar-refractivity contribution in [3.05, 3.63) is 42.0 Å². The number of hydrogen-bond donors (Lipinski definition) is 2. The van der Waals surface area contributed by atoms with Crippen molar-refractivity contribution in [1.29, 1.82) is 0 Å². The number of H-pyrrole nitrogens is 1. The summed E-state index contributed by atoms with van der Waals surface area (Å²) >= 11 is 0. The van der Waals surface area contributed by atoms with Crippen LogP contribution in [0.4, 0.5) is 8.78 Å². The Morgan fingerprint density at radius 3 is 2.70 bits per heavy atom. The Morgan fingerprint density at radius 1 is 1.25 bits per heavy atom. The molecule has 6 nitrogen and oxygen atoms in total. The summed E-state index contributed by atoms with van der Waals surface area (Å²) in [6.45, 7) is 0.155. The van der Waals surface area contributed by atoms with E-state index in [1.807, 2.05) is 0 Å². The second-order valence-electron chi connectivity index (χ2n) is 4.01. The SMILES string of the molecule is O=S(=O)(NCCCc1ncn[nH]1)c1ccc(F)c(F)c1. The van der Waals surface area contributed by atoms with Crippen LogP contribution in [0.3, 0.4) is 0 Å². The van der Waals surface area contributed by atoms with Crippen molar-refractivity contribution in [3.8, 4) is 0 Å². The number of nitrogens with one attached hydrogen (secondary N) is 2. The molecule has 1 heterocycles. The summed E-state index contributed by atoms with van der Waals surface area (Å²) in [6, 6.07) is 2.43. The van der Waals surface area contributed by atoms with Crippen LogP contribution in [-0.4, -0.2) is 30.1 Å². The number of benzene rings is 1. The van der Waals surface area contributed by atoms with Crippen LogP contribution in [0.5, 0.6) is 0 Å². The van der Waals surface area contributed by atoms with Gasteiger partial charge in [-0.2, -0.15) is 5.10 Å². The van der Waals surface area contributed by atoms with Gasteiger partial charge in [-0.3, -0.25) is 5.10 Å². The van der Waals surface area contributed by atoms with Crippen molar-refractivity contribution < 1.29 is 17.2 Å². The fourth-order valence-corrected chi connectivity index (χ4v) is 2.63. The smallest absolute Gasteiger partial charge is 0.240 e. The summed E-state index contributed by atoms with van der Waals surface area (Å²) in [7, 11) is -3.84. The van der Waals surface area contributed by atoms with Gasteiger partial charge in [0.2, 0.25) is 10.0 Å². The second-order valence-corrected chi connectivity index (χ2v) is 5.78. The van der Waals surface area contributed by atoms with Crippen molar-refractivity contribution in [2.45, 2.75) is 17.7 Å². The van der Waals surface area contributed by atoms with Gasteiger partial charge in [-0.15, -0.1) is 0 Å². The molecule has 0 aliphatic rings. The monoisotopic (exact) mass is 302 g/mol. The van der Waals surface area contributed by atoms with Crippen molar-refractivity contribution in [2.24, 2.45) is 0 Å². The number of hydrogen-bond acceptors (Lipinski definition) is 4. The van der Waals surface area contributed by atoms with E-state index in [4.69, 9.17) is 0 Å². The van der Waals surface area contributed by atoms with E-state index in [0.29, 0.717) is 24.7 Å². The number of sulfonamides is 1. The van der Waals surface area contributed by atoms with Gasteiger partial charge < -0.3 is 0 Å². The van der Waals surface area contributed by atoms with E-state index in [2.05, 4.69) is 19.9 Å². The van der Waals surface area contributed by atoms with Crippen molar-refractivity contribution >= 4 is 10.0 Å². The Balaban J connectivity index is 1.92. The molecular weight excluding hydrogens is 290 g/mol. The van der Waals surface area contributed by atoms with E-state index >= 15 is 0 Å². The Labute approximate surface area is 114 Å². The van der Waals surface area contributed by atoms with Gasteiger partial charge >= 0.3 is 0 Å². The van der Waals surface area contributed by atoms with Crippen LogP contribution in [0.25, 0.3) is 0 Å². The Bertz CT molecular complexity index is 674. The van der Waals surface area contributed by atoms with Crippen molar-refractivity contribution in [1.82, 2.24) is 19.9 Å². The van der Waals surface area contributed by atoms with Gasteiger partial charge in [0.25, 0.3) is 0 Å². The number of halogens is 2. The van der Waals surface area contributed by atoms with Crippen molar-refractivity contribution in [3.63, 3.8) is 0 Å². The normalized spacial score (nSPS) is 11.7. The molecule has 0 unspecified atom stereocenters. The van der Waals surface area contributed by atoms with Crippen LogP contribution in [-0.2, 0) is 16.4 Å². The largest absolute Gasteiger partial charge is 0.263 e. The third-order valence-electron chi connectivity index (χ3n) is 2.55. The van der Waals surface area contributed by atoms with Crippen LogP contribution >= 0.6 is 0 Å². The highest BCUT2D eigenvalue weighted by molar-refractivity contribution is 7.89. The number of nitrogens with zero attached hydrogens (tertiary/aromatic N) is 2. The Hall–Kier alpha value is -1.87. The number of aromatic amines is 1. The van der Waals surface area contributed by atoms with Gasteiger partial charge in [0.15, 0.2) is 11.6 Å². The Morgan fingerprint density at radius 2 is 2.05 bits per heavy atom. The highest BCUT2D eigenvalue weighted by Crippen LogP contribution is 2.13. The maximum Gasteiger partial charge on any atom is 0.240 e. The molecule has 0 amide bonds. The fourth-order valence-electron chi connectivity index (χ4n) is 1.54. The molecular formula is C11H12F2N4O2S. The molecule has 0 saturated carbocycles. The van der Waals surface area contributed by atoms with Crippen LogP contribution in [0.15, 0.2) is 29.4 Å². The maximum atomic E-state index is 13.0. The lowest BCUT2D eigenvalue weighted by molar-refractivity contribution is 0.504. The molecule has 9 heteroatoms. The summed E-state index contributed by atoms with van der Waals surface area (Å²) in [6.07, 6.45) is 2.39. The second kappa shape index (κ2) is 6.06. The molecule has 0 aliphatic heterocycles.